The van der Waals surface area contributed by atoms with Gasteiger partial charge in [0.05, 0.1) is 0 Å². The van der Waals surface area contributed by atoms with Gasteiger partial charge in [0.25, 0.3) is 5.91 Å². The molecule has 0 saturated heterocycles. The predicted octanol–water partition coefficient (Wildman–Crippen LogP) is 4.82. The molecule has 1 amide bonds. The minimum atomic E-state index is -0.409. The molecule has 2 aromatic carbocycles. The third kappa shape index (κ3) is 3.63. The number of hydrogen-bond acceptors (Lipinski definition) is 1. The Kier molecular flexibility index (Phi) is 5.01. The zero-order valence-electron chi connectivity index (χ0n) is 11.7. The van der Waals surface area contributed by atoms with Crippen LogP contribution < -0.4 is 0 Å². The Labute approximate surface area is 136 Å². The van der Waals surface area contributed by atoms with E-state index >= 15 is 0 Å². The summed E-state index contributed by atoms with van der Waals surface area (Å²) in [7, 11) is 1.63. The summed E-state index contributed by atoms with van der Waals surface area (Å²) in [5.41, 5.74) is 1.77. The minimum absolute atomic E-state index is 0.121. The summed E-state index contributed by atoms with van der Waals surface area (Å²) < 4.78 is 14.6. The molecule has 0 N–H and O–H groups in total. The molecular formula is C16H14BrClFNO. The lowest BCUT2D eigenvalue weighted by atomic mass is 10.1. The largest absolute Gasteiger partial charge is 0.337 e. The maximum Gasteiger partial charge on any atom is 0.254 e. The predicted molar refractivity (Wildman–Crippen MR) is 86.1 cm³/mol. The van der Waals surface area contributed by atoms with Crippen molar-refractivity contribution in [1.82, 2.24) is 4.90 Å². The van der Waals surface area contributed by atoms with Crippen LogP contribution in [0.4, 0.5) is 4.39 Å². The van der Waals surface area contributed by atoms with E-state index in [1.165, 1.54) is 11.0 Å². The number of halogens is 3. The van der Waals surface area contributed by atoms with Crippen molar-refractivity contribution >= 4 is 33.4 Å². The van der Waals surface area contributed by atoms with Gasteiger partial charge in [-0.25, -0.2) is 4.39 Å². The van der Waals surface area contributed by atoms with Crippen LogP contribution in [0.25, 0.3) is 0 Å². The van der Waals surface area contributed by atoms with Crippen molar-refractivity contribution in [1.29, 1.82) is 0 Å². The highest BCUT2D eigenvalue weighted by atomic mass is 79.9. The molecule has 0 unspecified atom stereocenters. The van der Waals surface area contributed by atoms with E-state index in [4.69, 9.17) is 11.6 Å². The average molecular weight is 371 g/mol. The van der Waals surface area contributed by atoms with Crippen molar-refractivity contribution in [3.05, 3.63) is 68.4 Å². The molecule has 0 bridgehead atoms. The molecule has 2 nitrogen and oxygen atoms in total. The quantitative estimate of drug-likeness (QED) is 0.758. The summed E-state index contributed by atoms with van der Waals surface area (Å²) in [6.45, 7) is 1.99. The van der Waals surface area contributed by atoms with E-state index in [0.717, 1.165) is 10.0 Å². The minimum Gasteiger partial charge on any atom is -0.337 e. The molecule has 0 radical (unpaired) electrons. The van der Waals surface area contributed by atoms with Crippen molar-refractivity contribution in [3.63, 3.8) is 0 Å². The molecule has 0 fully saturated rings. The molecule has 0 aliphatic carbocycles. The van der Waals surface area contributed by atoms with E-state index in [0.29, 0.717) is 16.1 Å². The van der Waals surface area contributed by atoms with Crippen molar-refractivity contribution in [2.45, 2.75) is 13.5 Å². The Morgan fingerprint density at radius 2 is 2.05 bits per heavy atom. The van der Waals surface area contributed by atoms with Crippen LogP contribution in [0, 0.1) is 12.7 Å². The molecule has 0 aliphatic heterocycles. The first kappa shape index (κ1) is 16.0. The Morgan fingerprint density at radius 3 is 2.71 bits per heavy atom. The van der Waals surface area contributed by atoms with E-state index in [-0.39, 0.29) is 12.5 Å². The third-order valence-electron chi connectivity index (χ3n) is 3.23. The molecule has 0 spiro atoms. The number of benzene rings is 2. The van der Waals surface area contributed by atoms with Gasteiger partial charge in [-0.3, -0.25) is 4.79 Å². The number of hydrogen-bond donors (Lipinski definition) is 0. The number of nitrogens with zero attached hydrogens (tertiary/aromatic N) is 1. The van der Waals surface area contributed by atoms with Gasteiger partial charge in [0.2, 0.25) is 0 Å². The van der Waals surface area contributed by atoms with Crippen LogP contribution in [-0.2, 0) is 6.54 Å². The van der Waals surface area contributed by atoms with Gasteiger partial charge in [-0.15, -0.1) is 0 Å². The van der Waals surface area contributed by atoms with Gasteiger partial charge >= 0.3 is 0 Å². The number of rotatable bonds is 3. The smallest absolute Gasteiger partial charge is 0.254 e. The number of carbonyl (C=O) groups is 1. The first-order valence-corrected chi connectivity index (χ1v) is 7.51. The topological polar surface area (TPSA) is 20.3 Å². The lowest BCUT2D eigenvalue weighted by molar-refractivity contribution is 0.0783. The van der Waals surface area contributed by atoms with Gasteiger partial charge in [-0.05, 0) is 36.8 Å². The van der Waals surface area contributed by atoms with Crippen molar-refractivity contribution < 1.29 is 9.18 Å². The van der Waals surface area contributed by atoms with E-state index in [9.17, 15) is 9.18 Å². The fourth-order valence-corrected chi connectivity index (χ4v) is 2.61. The average Bonchev–Trinajstić information content (AvgIpc) is 2.44. The Hall–Kier alpha value is -1.39. The molecule has 21 heavy (non-hydrogen) atoms. The summed E-state index contributed by atoms with van der Waals surface area (Å²) in [4.78, 5) is 13.9. The van der Waals surface area contributed by atoms with Crippen LogP contribution in [0.5, 0.6) is 0 Å². The molecule has 0 aromatic heterocycles. The number of carbonyl (C=O) groups excluding carboxylic acids is 1. The van der Waals surface area contributed by atoms with E-state index in [1.807, 2.05) is 19.1 Å². The van der Waals surface area contributed by atoms with Gasteiger partial charge in [0.1, 0.15) is 5.82 Å². The van der Waals surface area contributed by atoms with Crippen molar-refractivity contribution in [3.8, 4) is 0 Å². The summed E-state index contributed by atoms with van der Waals surface area (Å²) in [5, 5.41) is 0.320. The molecule has 0 heterocycles. The van der Waals surface area contributed by atoms with Crippen LogP contribution >= 0.6 is 27.5 Å². The van der Waals surface area contributed by atoms with E-state index in [1.54, 1.807) is 25.2 Å². The molecule has 2 aromatic rings. The van der Waals surface area contributed by atoms with Gasteiger partial charge < -0.3 is 4.90 Å². The molecule has 2 rings (SSSR count). The zero-order valence-corrected chi connectivity index (χ0v) is 14.0. The third-order valence-corrected chi connectivity index (χ3v) is 4.08. The van der Waals surface area contributed by atoms with Crippen molar-refractivity contribution in [2.24, 2.45) is 0 Å². The Morgan fingerprint density at radius 1 is 1.33 bits per heavy atom. The molecule has 0 atom stereocenters. The summed E-state index contributed by atoms with van der Waals surface area (Å²) in [6, 6.07) is 9.99. The maximum atomic E-state index is 13.8. The van der Waals surface area contributed by atoms with Crippen LogP contribution in [0.1, 0.15) is 21.5 Å². The summed E-state index contributed by atoms with van der Waals surface area (Å²) >= 11 is 9.35. The summed E-state index contributed by atoms with van der Waals surface area (Å²) in [5.74, 6) is -0.582. The molecule has 5 heteroatoms. The molecular weight excluding hydrogens is 357 g/mol. The Bertz CT molecular complexity index is 670. The highest BCUT2D eigenvalue weighted by Crippen LogP contribution is 2.22. The lowest BCUT2D eigenvalue weighted by Crippen LogP contribution is -2.27. The van der Waals surface area contributed by atoms with Crippen LogP contribution in [0.15, 0.2) is 40.9 Å². The lowest BCUT2D eigenvalue weighted by Gasteiger charge is -2.19. The molecule has 110 valence electrons. The monoisotopic (exact) mass is 369 g/mol. The van der Waals surface area contributed by atoms with Gasteiger partial charge in [0.15, 0.2) is 0 Å². The van der Waals surface area contributed by atoms with Gasteiger partial charge in [-0.1, -0.05) is 39.7 Å². The van der Waals surface area contributed by atoms with Gasteiger partial charge in [0, 0.05) is 34.2 Å². The first-order chi connectivity index (χ1) is 9.90. The second-order valence-electron chi connectivity index (χ2n) is 4.82. The van der Waals surface area contributed by atoms with Crippen molar-refractivity contribution in [2.75, 3.05) is 7.05 Å². The molecule has 0 saturated carbocycles. The van der Waals surface area contributed by atoms with E-state index in [2.05, 4.69) is 15.9 Å². The fraction of sp³-hybridized carbons (Fsp3) is 0.188. The second kappa shape index (κ2) is 6.58. The zero-order chi connectivity index (χ0) is 15.6. The first-order valence-electron chi connectivity index (χ1n) is 6.34. The number of amides is 1. The normalized spacial score (nSPS) is 10.5. The SMILES string of the molecule is Cc1ccc(Br)cc1C(=O)N(C)Cc1c(F)cccc1Cl. The highest BCUT2D eigenvalue weighted by molar-refractivity contribution is 9.10. The number of aryl methyl sites for hydroxylation is 1. The highest BCUT2D eigenvalue weighted by Gasteiger charge is 2.17. The summed E-state index contributed by atoms with van der Waals surface area (Å²) in [6.07, 6.45) is 0. The maximum absolute atomic E-state index is 13.8. The van der Waals surface area contributed by atoms with Crippen LogP contribution in [0.3, 0.4) is 0 Å². The fourth-order valence-electron chi connectivity index (χ4n) is 2.02. The van der Waals surface area contributed by atoms with Crippen LogP contribution in [-0.4, -0.2) is 17.9 Å². The van der Waals surface area contributed by atoms with Gasteiger partial charge in [-0.2, -0.15) is 0 Å². The van der Waals surface area contributed by atoms with Crippen LogP contribution in [0.2, 0.25) is 5.02 Å². The molecule has 0 aliphatic rings. The standard InChI is InChI=1S/C16H14BrClFNO/c1-10-6-7-11(17)8-12(10)16(21)20(2)9-13-14(18)4-3-5-15(13)19/h3-8H,9H2,1-2H3. The Balaban J connectivity index is 2.26. The second-order valence-corrected chi connectivity index (χ2v) is 6.14. The van der Waals surface area contributed by atoms with E-state index < -0.39 is 5.82 Å².